The van der Waals surface area contributed by atoms with E-state index in [1.165, 1.54) is 7.11 Å². The summed E-state index contributed by atoms with van der Waals surface area (Å²) in [4.78, 5) is 23.1. The Balaban J connectivity index is 2.45. The number of carbonyl (C=O) groups excluding carboxylic acids is 2. The lowest BCUT2D eigenvalue weighted by atomic mass is 10.2. The van der Waals surface area contributed by atoms with Crippen molar-refractivity contribution in [3.63, 3.8) is 0 Å². The summed E-state index contributed by atoms with van der Waals surface area (Å²) in [7, 11) is -0.214. The Hall–Kier alpha value is -0.910. The molecule has 1 N–H and O–H groups in total. The summed E-state index contributed by atoms with van der Waals surface area (Å²) in [6.07, 6.45) is 4.21. The van der Waals surface area contributed by atoms with Gasteiger partial charge in [-0.05, 0) is 19.3 Å². The van der Waals surface area contributed by atoms with Crippen molar-refractivity contribution >= 4 is 22.7 Å². The van der Waals surface area contributed by atoms with Gasteiger partial charge in [0.15, 0.2) is 0 Å². The molecule has 1 aliphatic carbocycles. The highest BCUT2D eigenvalue weighted by Gasteiger charge is 2.29. The lowest BCUT2D eigenvalue weighted by Gasteiger charge is -2.13. The Bertz CT molecular complexity index is 328. The number of nitrogens with one attached hydrogen (secondary N) is 1. The van der Waals surface area contributed by atoms with E-state index in [1.54, 1.807) is 0 Å². The minimum atomic E-state index is -1.49. The molecule has 0 aliphatic heterocycles. The van der Waals surface area contributed by atoms with Crippen LogP contribution in [0.15, 0.2) is 0 Å². The second-order valence-corrected chi connectivity index (χ2v) is 6.14. The number of unbranched alkanes of at least 4 members (excludes halogenated alkanes) is 1. The van der Waals surface area contributed by atoms with Crippen LogP contribution >= 0.6 is 0 Å². The maximum Gasteiger partial charge on any atom is 0.321 e. The molecule has 5 nitrogen and oxygen atoms in total. The van der Waals surface area contributed by atoms with Crippen molar-refractivity contribution in [2.75, 3.05) is 12.9 Å². The van der Waals surface area contributed by atoms with Gasteiger partial charge in [-0.3, -0.25) is 13.8 Å². The van der Waals surface area contributed by atoms with Gasteiger partial charge in [-0.25, -0.2) is 0 Å². The maximum atomic E-state index is 12.0. The van der Waals surface area contributed by atoms with E-state index in [2.05, 4.69) is 10.1 Å². The van der Waals surface area contributed by atoms with Gasteiger partial charge >= 0.3 is 5.97 Å². The molecule has 0 radical (unpaired) electrons. The number of hydrogen-bond acceptors (Lipinski definition) is 4. The summed E-state index contributed by atoms with van der Waals surface area (Å²) < 4.78 is 16.7. The average molecular weight is 275 g/mol. The molecule has 18 heavy (non-hydrogen) atoms. The summed E-state index contributed by atoms with van der Waals surface area (Å²) in [5.41, 5.74) is 0. The van der Waals surface area contributed by atoms with Gasteiger partial charge in [0.1, 0.15) is 11.0 Å². The van der Waals surface area contributed by atoms with Crippen LogP contribution in [0, 0.1) is 0 Å². The Morgan fingerprint density at radius 3 is 2.61 bits per heavy atom. The van der Waals surface area contributed by atoms with Crippen LogP contribution in [0.5, 0.6) is 0 Å². The molecule has 0 aromatic carbocycles. The van der Waals surface area contributed by atoms with Crippen LogP contribution in [0.1, 0.15) is 39.0 Å². The number of carbonyl (C=O) groups is 2. The third-order valence-electron chi connectivity index (χ3n) is 2.82. The molecule has 1 aliphatic rings. The first-order chi connectivity index (χ1) is 8.58. The zero-order valence-electron chi connectivity index (χ0n) is 10.9. The van der Waals surface area contributed by atoms with Crippen molar-refractivity contribution in [3.05, 3.63) is 0 Å². The number of amides is 1. The average Bonchev–Trinajstić information content (AvgIpc) is 3.12. The van der Waals surface area contributed by atoms with Crippen molar-refractivity contribution < 1.29 is 18.5 Å². The molecule has 2 unspecified atom stereocenters. The predicted molar refractivity (Wildman–Crippen MR) is 69.5 cm³/mol. The SMILES string of the molecule is CCCCC(C(=O)OC)S(=O)CC(=O)NC1CC1. The first-order valence-corrected chi connectivity index (χ1v) is 7.71. The molecule has 0 bridgehead atoms. The molecule has 104 valence electrons. The van der Waals surface area contributed by atoms with Crippen LogP contribution in [0.25, 0.3) is 0 Å². The Kier molecular flexibility index (Phi) is 6.32. The van der Waals surface area contributed by atoms with E-state index in [1.807, 2.05) is 6.92 Å². The van der Waals surface area contributed by atoms with Crippen LogP contribution in [0.2, 0.25) is 0 Å². The van der Waals surface area contributed by atoms with E-state index < -0.39 is 22.0 Å². The summed E-state index contributed by atoms with van der Waals surface area (Å²) in [5.74, 6) is -0.831. The third-order valence-corrected chi connectivity index (χ3v) is 4.43. The van der Waals surface area contributed by atoms with Gasteiger partial charge in [0.2, 0.25) is 5.91 Å². The standard InChI is InChI=1S/C12H21NO4S/c1-3-4-5-10(12(15)17-2)18(16)8-11(14)13-9-6-7-9/h9-10H,3-8H2,1-2H3,(H,13,14). The summed E-state index contributed by atoms with van der Waals surface area (Å²) >= 11 is 0. The number of methoxy groups -OCH3 is 1. The lowest BCUT2D eigenvalue weighted by Crippen LogP contribution is -2.36. The Morgan fingerprint density at radius 1 is 1.44 bits per heavy atom. The van der Waals surface area contributed by atoms with E-state index in [-0.39, 0.29) is 17.7 Å². The number of rotatable bonds is 8. The van der Waals surface area contributed by atoms with Gasteiger partial charge in [0.05, 0.1) is 7.11 Å². The molecule has 0 heterocycles. The number of hydrogen-bond donors (Lipinski definition) is 1. The third kappa shape index (κ3) is 5.16. The molecular formula is C12H21NO4S. The first-order valence-electron chi connectivity index (χ1n) is 6.32. The van der Waals surface area contributed by atoms with Crippen molar-refractivity contribution in [2.45, 2.75) is 50.3 Å². The Morgan fingerprint density at radius 2 is 2.11 bits per heavy atom. The van der Waals surface area contributed by atoms with E-state index in [0.29, 0.717) is 6.42 Å². The maximum absolute atomic E-state index is 12.0. The Labute approximate surface area is 110 Å². The first kappa shape index (κ1) is 15.1. The fourth-order valence-corrected chi connectivity index (χ4v) is 2.89. The quantitative estimate of drug-likeness (QED) is 0.663. The van der Waals surface area contributed by atoms with Crippen molar-refractivity contribution in [2.24, 2.45) is 0 Å². The number of ether oxygens (including phenoxy) is 1. The molecule has 1 amide bonds. The topological polar surface area (TPSA) is 72.5 Å². The second-order valence-electron chi connectivity index (χ2n) is 4.52. The van der Waals surface area contributed by atoms with Crippen LogP contribution in [0.4, 0.5) is 0 Å². The van der Waals surface area contributed by atoms with Crippen LogP contribution in [-0.2, 0) is 25.1 Å². The summed E-state index contributed by atoms with van der Waals surface area (Å²) in [5, 5.41) is 2.09. The smallest absolute Gasteiger partial charge is 0.321 e. The van der Waals surface area contributed by atoms with Crippen molar-refractivity contribution in [1.29, 1.82) is 0 Å². The normalized spacial score (nSPS) is 17.9. The van der Waals surface area contributed by atoms with E-state index in [4.69, 9.17) is 0 Å². The number of esters is 1. The molecular weight excluding hydrogens is 254 g/mol. The zero-order chi connectivity index (χ0) is 13.5. The van der Waals surface area contributed by atoms with Gasteiger partial charge in [-0.15, -0.1) is 0 Å². The highest BCUT2D eigenvalue weighted by Crippen LogP contribution is 2.18. The second kappa shape index (κ2) is 7.51. The summed E-state index contributed by atoms with van der Waals surface area (Å²) in [6.45, 7) is 2.00. The highest BCUT2D eigenvalue weighted by atomic mass is 32.2. The minimum absolute atomic E-state index is 0.111. The molecule has 2 atom stereocenters. The molecule has 0 spiro atoms. The molecule has 1 fully saturated rings. The van der Waals surface area contributed by atoms with Gasteiger partial charge in [-0.1, -0.05) is 19.8 Å². The fraction of sp³-hybridized carbons (Fsp3) is 0.833. The van der Waals surface area contributed by atoms with Crippen molar-refractivity contribution in [3.8, 4) is 0 Å². The molecule has 0 aromatic rings. The van der Waals surface area contributed by atoms with E-state index in [0.717, 1.165) is 25.7 Å². The molecule has 1 saturated carbocycles. The van der Waals surface area contributed by atoms with Crippen LogP contribution in [0.3, 0.4) is 0 Å². The fourth-order valence-electron chi connectivity index (χ4n) is 1.60. The van der Waals surface area contributed by atoms with Gasteiger partial charge in [0.25, 0.3) is 0 Å². The predicted octanol–water partition coefficient (Wildman–Crippen LogP) is 0.745. The zero-order valence-corrected chi connectivity index (χ0v) is 11.8. The van der Waals surface area contributed by atoms with Gasteiger partial charge < -0.3 is 10.1 Å². The summed E-state index contributed by atoms with van der Waals surface area (Å²) in [6, 6.07) is 0.252. The largest absolute Gasteiger partial charge is 0.468 e. The molecule has 6 heteroatoms. The molecule has 0 aromatic heterocycles. The van der Waals surface area contributed by atoms with E-state index >= 15 is 0 Å². The van der Waals surface area contributed by atoms with Crippen LogP contribution < -0.4 is 5.32 Å². The highest BCUT2D eigenvalue weighted by molar-refractivity contribution is 7.87. The molecule has 0 saturated heterocycles. The van der Waals surface area contributed by atoms with E-state index in [9.17, 15) is 13.8 Å². The lowest BCUT2D eigenvalue weighted by molar-refractivity contribution is -0.140. The molecule has 1 rings (SSSR count). The van der Waals surface area contributed by atoms with Crippen LogP contribution in [-0.4, -0.2) is 40.2 Å². The minimum Gasteiger partial charge on any atom is -0.468 e. The van der Waals surface area contributed by atoms with Gasteiger partial charge in [0, 0.05) is 16.8 Å². The van der Waals surface area contributed by atoms with Crippen molar-refractivity contribution in [1.82, 2.24) is 5.32 Å². The monoisotopic (exact) mass is 275 g/mol. The van der Waals surface area contributed by atoms with Gasteiger partial charge in [-0.2, -0.15) is 0 Å².